The summed E-state index contributed by atoms with van der Waals surface area (Å²) in [6, 6.07) is 5.95. The summed E-state index contributed by atoms with van der Waals surface area (Å²) < 4.78 is 31.6. The first kappa shape index (κ1) is 12.0. The van der Waals surface area contributed by atoms with Crippen molar-refractivity contribution in [1.29, 1.82) is 0 Å². The lowest BCUT2D eigenvalue weighted by Crippen LogP contribution is -2.28. The zero-order valence-corrected chi connectivity index (χ0v) is 9.58. The van der Waals surface area contributed by atoms with E-state index in [1.807, 2.05) is 0 Å². The number of rotatable bonds is 4. The molecule has 0 radical (unpaired) electrons. The van der Waals surface area contributed by atoms with E-state index in [1.165, 1.54) is 19.1 Å². The second-order valence-corrected chi connectivity index (χ2v) is 4.19. The third-order valence-corrected chi connectivity index (χ3v) is 2.85. The summed E-state index contributed by atoms with van der Waals surface area (Å²) in [6.07, 6.45) is 2.24. The highest BCUT2D eigenvalue weighted by molar-refractivity contribution is 5.79. The van der Waals surface area contributed by atoms with E-state index in [4.69, 9.17) is 0 Å². The van der Waals surface area contributed by atoms with Gasteiger partial charge >= 0.3 is 11.9 Å². The van der Waals surface area contributed by atoms with Gasteiger partial charge in [0.05, 0.1) is 6.61 Å². The molecule has 1 aliphatic rings. The lowest BCUT2D eigenvalue weighted by molar-refractivity contribution is -0.173. The van der Waals surface area contributed by atoms with Crippen molar-refractivity contribution in [2.75, 3.05) is 6.61 Å². The Morgan fingerprint density at radius 2 is 1.94 bits per heavy atom. The molecule has 0 bridgehead atoms. The fraction of sp³-hybridized carbons (Fsp3) is 0.462. The first-order valence-corrected chi connectivity index (χ1v) is 5.71. The van der Waals surface area contributed by atoms with Gasteiger partial charge in [-0.05, 0) is 31.2 Å². The summed E-state index contributed by atoms with van der Waals surface area (Å²) in [6.45, 7) is 1.46. The zero-order valence-electron chi connectivity index (χ0n) is 9.58. The van der Waals surface area contributed by atoms with Gasteiger partial charge in [0.15, 0.2) is 0 Å². The van der Waals surface area contributed by atoms with Crippen LogP contribution < -0.4 is 0 Å². The number of esters is 1. The Morgan fingerprint density at radius 1 is 1.35 bits per heavy atom. The molecule has 0 spiro atoms. The highest BCUT2D eigenvalue weighted by Gasteiger charge is 2.42. The molecule has 0 heterocycles. The third-order valence-electron chi connectivity index (χ3n) is 2.85. The van der Waals surface area contributed by atoms with Crippen molar-refractivity contribution in [3.05, 3.63) is 35.4 Å². The van der Waals surface area contributed by atoms with Crippen LogP contribution in [-0.2, 0) is 15.5 Å². The van der Waals surface area contributed by atoms with E-state index in [-0.39, 0.29) is 12.2 Å². The van der Waals surface area contributed by atoms with Gasteiger partial charge in [-0.1, -0.05) is 24.3 Å². The fourth-order valence-corrected chi connectivity index (χ4v) is 1.72. The lowest BCUT2D eigenvalue weighted by Gasteiger charge is -2.15. The zero-order chi connectivity index (χ0) is 12.5. The Balaban J connectivity index is 2.17. The van der Waals surface area contributed by atoms with Crippen LogP contribution in [-0.4, -0.2) is 12.6 Å². The molecular weight excluding hydrogens is 226 g/mol. The van der Waals surface area contributed by atoms with Crippen LogP contribution in [0.2, 0.25) is 0 Å². The minimum atomic E-state index is -3.56. The number of hydrogen-bond donors (Lipinski definition) is 0. The Morgan fingerprint density at radius 3 is 2.41 bits per heavy atom. The second-order valence-electron chi connectivity index (χ2n) is 4.19. The summed E-state index contributed by atoms with van der Waals surface area (Å²) in [4.78, 5) is 11.1. The van der Waals surface area contributed by atoms with Crippen molar-refractivity contribution in [2.24, 2.45) is 0 Å². The van der Waals surface area contributed by atoms with E-state index in [2.05, 4.69) is 4.74 Å². The molecule has 92 valence electrons. The minimum absolute atomic E-state index is 0.0470. The number of ether oxygens (including phenoxy) is 1. The number of carbonyl (C=O) groups excluding carboxylic acids is 1. The molecule has 1 aromatic rings. The second kappa shape index (κ2) is 4.43. The van der Waals surface area contributed by atoms with Gasteiger partial charge in [0.25, 0.3) is 0 Å². The van der Waals surface area contributed by atoms with Gasteiger partial charge in [0.1, 0.15) is 0 Å². The number of carbonyl (C=O) groups is 1. The highest BCUT2D eigenvalue weighted by atomic mass is 19.3. The standard InChI is InChI=1S/C13H14F2O2/c1-2-17-12(16)13(14,15)11-7-5-10(6-8-11)9-3-4-9/h5-9H,2-4H2,1H3. The Hall–Kier alpha value is -1.45. The van der Waals surface area contributed by atoms with E-state index < -0.39 is 11.9 Å². The van der Waals surface area contributed by atoms with Gasteiger partial charge in [-0.2, -0.15) is 8.78 Å². The molecule has 0 unspecified atom stereocenters. The van der Waals surface area contributed by atoms with Crippen LogP contribution in [0.25, 0.3) is 0 Å². The first-order valence-electron chi connectivity index (χ1n) is 5.71. The maximum absolute atomic E-state index is 13.6. The molecule has 1 aromatic carbocycles. The molecule has 1 aliphatic carbocycles. The molecule has 0 N–H and O–H groups in total. The largest absolute Gasteiger partial charge is 0.461 e. The third kappa shape index (κ3) is 2.46. The molecule has 0 atom stereocenters. The molecule has 0 amide bonds. The molecule has 17 heavy (non-hydrogen) atoms. The normalized spacial score (nSPS) is 15.7. The maximum Gasteiger partial charge on any atom is 0.381 e. The van der Waals surface area contributed by atoms with E-state index in [0.29, 0.717) is 5.92 Å². The van der Waals surface area contributed by atoms with Crippen molar-refractivity contribution in [2.45, 2.75) is 31.6 Å². The van der Waals surface area contributed by atoms with E-state index >= 15 is 0 Å². The Bertz CT molecular complexity index is 408. The van der Waals surface area contributed by atoms with Crippen LogP contribution in [0.1, 0.15) is 36.8 Å². The summed E-state index contributed by atoms with van der Waals surface area (Å²) >= 11 is 0. The fourth-order valence-electron chi connectivity index (χ4n) is 1.72. The Labute approximate surface area is 98.6 Å². The monoisotopic (exact) mass is 240 g/mol. The van der Waals surface area contributed by atoms with Gasteiger partial charge in [-0.15, -0.1) is 0 Å². The van der Waals surface area contributed by atoms with Crippen molar-refractivity contribution >= 4 is 5.97 Å². The SMILES string of the molecule is CCOC(=O)C(F)(F)c1ccc(C2CC2)cc1. The van der Waals surface area contributed by atoms with Crippen LogP contribution in [0, 0.1) is 0 Å². The molecule has 1 saturated carbocycles. The van der Waals surface area contributed by atoms with Crippen LogP contribution >= 0.6 is 0 Å². The van der Waals surface area contributed by atoms with Crippen LogP contribution in [0.3, 0.4) is 0 Å². The molecular formula is C13H14F2O2. The summed E-state index contributed by atoms with van der Waals surface area (Å²) in [7, 11) is 0. The smallest absolute Gasteiger partial charge is 0.381 e. The van der Waals surface area contributed by atoms with Crippen LogP contribution in [0.15, 0.2) is 24.3 Å². The summed E-state index contributed by atoms with van der Waals surface area (Å²) in [5.41, 5.74) is 0.758. The van der Waals surface area contributed by atoms with Crippen molar-refractivity contribution in [3.8, 4) is 0 Å². The van der Waals surface area contributed by atoms with Gasteiger partial charge in [-0.3, -0.25) is 0 Å². The minimum Gasteiger partial charge on any atom is -0.461 e. The van der Waals surface area contributed by atoms with Gasteiger partial charge < -0.3 is 4.74 Å². The molecule has 4 heteroatoms. The molecule has 0 aliphatic heterocycles. The number of benzene rings is 1. The Kier molecular flexibility index (Phi) is 3.13. The van der Waals surface area contributed by atoms with Crippen molar-refractivity contribution < 1.29 is 18.3 Å². The first-order chi connectivity index (χ1) is 8.05. The van der Waals surface area contributed by atoms with Crippen LogP contribution in [0.5, 0.6) is 0 Å². The molecule has 2 rings (SSSR count). The predicted octanol–water partition coefficient (Wildman–Crippen LogP) is 3.22. The molecule has 2 nitrogen and oxygen atoms in total. The molecule has 0 saturated heterocycles. The van der Waals surface area contributed by atoms with E-state index in [0.717, 1.165) is 18.4 Å². The van der Waals surface area contributed by atoms with Gasteiger partial charge in [-0.25, -0.2) is 4.79 Å². The van der Waals surface area contributed by atoms with E-state index in [1.54, 1.807) is 12.1 Å². The van der Waals surface area contributed by atoms with Crippen molar-refractivity contribution in [3.63, 3.8) is 0 Å². The van der Waals surface area contributed by atoms with Crippen molar-refractivity contribution in [1.82, 2.24) is 0 Å². The quantitative estimate of drug-likeness (QED) is 0.755. The van der Waals surface area contributed by atoms with Gasteiger partial charge in [0.2, 0.25) is 0 Å². The lowest BCUT2D eigenvalue weighted by atomic mass is 10.0. The highest BCUT2D eigenvalue weighted by Crippen LogP contribution is 2.40. The number of alkyl halides is 2. The van der Waals surface area contributed by atoms with Crippen LogP contribution in [0.4, 0.5) is 8.78 Å². The maximum atomic E-state index is 13.6. The van der Waals surface area contributed by atoms with Gasteiger partial charge in [0, 0.05) is 5.56 Å². The number of halogens is 2. The summed E-state index contributed by atoms with van der Waals surface area (Å²) in [5, 5.41) is 0. The average Bonchev–Trinajstić information content (AvgIpc) is 3.13. The molecule has 1 fully saturated rings. The number of hydrogen-bond acceptors (Lipinski definition) is 2. The molecule has 0 aromatic heterocycles. The summed E-state index contributed by atoms with van der Waals surface area (Å²) in [5.74, 6) is -4.53. The average molecular weight is 240 g/mol. The van der Waals surface area contributed by atoms with E-state index in [9.17, 15) is 13.6 Å². The predicted molar refractivity (Wildman–Crippen MR) is 58.9 cm³/mol. The topological polar surface area (TPSA) is 26.3 Å².